The van der Waals surface area contributed by atoms with Gasteiger partial charge in [-0.15, -0.1) is 0 Å². The number of hydrogen-bond donors (Lipinski definition) is 0. The molecule has 2 heterocycles. The van der Waals surface area contributed by atoms with Gasteiger partial charge in [0.1, 0.15) is 28.9 Å². The summed E-state index contributed by atoms with van der Waals surface area (Å²) in [5.74, 6) is 0.807. The van der Waals surface area contributed by atoms with E-state index in [9.17, 15) is 18.0 Å². The molecular weight excluding hydrogens is 623 g/mol. The van der Waals surface area contributed by atoms with E-state index < -0.39 is 28.3 Å². The van der Waals surface area contributed by atoms with E-state index in [4.69, 9.17) is 27.9 Å². The van der Waals surface area contributed by atoms with Crippen molar-refractivity contribution < 1.29 is 22.7 Å². The van der Waals surface area contributed by atoms with Crippen LogP contribution < -0.4 is 4.74 Å². The lowest BCUT2D eigenvalue weighted by Gasteiger charge is -2.55. The first-order valence-corrected chi connectivity index (χ1v) is 17.6. The van der Waals surface area contributed by atoms with Crippen molar-refractivity contribution in [2.45, 2.75) is 75.1 Å². The number of benzene rings is 2. The van der Waals surface area contributed by atoms with E-state index in [0.29, 0.717) is 16.9 Å². The maximum absolute atomic E-state index is 14.7. The minimum atomic E-state index is -4.23. The van der Waals surface area contributed by atoms with Crippen molar-refractivity contribution in [1.82, 2.24) is 19.0 Å². The third-order valence-corrected chi connectivity index (χ3v) is 11.7. The molecule has 2 aromatic carbocycles. The van der Waals surface area contributed by atoms with Gasteiger partial charge in [0.25, 0.3) is 0 Å². The molecule has 0 spiro atoms. The first-order chi connectivity index (χ1) is 21.0. The molecule has 4 aliphatic rings. The summed E-state index contributed by atoms with van der Waals surface area (Å²) >= 11 is 12.5. The third kappa shape index (κ3) is 6.33. The highest BCUT2D eigenvalue weighted by molar-refractivity contribution is 7.89. The molecule has 2 amide bonds. The number of carbonyl (C=O) groups excluding carboxylic acids is 2. The molecule has 2 aliphatic heterocycles. The molecule has 12 heteroatoms. The summed E-state index contributed by atoms with van der Waals surface area (Å²) in [6.45, 7) is 5.37. The van der Waals surface area contributed by atoms with Crippen LogP contribution in [-0.2, 0) is 26.0 Å². The number of piperazine rings is 1. The largest absolute Gasteiger partial charge is 0.495 e. The Labute approximate surface area is 270 Å². The van der Waals surface area contributed by atoms with E-state index in [1.807, 2.05) is 26.0 Å². The standard InChI is InChI=1S/C32H40Cl2N4O5S/c1-20(2)36-19-30-37(44(41,42)29-15-25(34)12-13-28(29)43-3)18-27(35(16-22-4-5-22)17-23-6-7-23)32(40)38(30)26(31(36)39)14-21-8-10-24(33)11-9-21/h8-13,15,20,22-23,26-27,30H,4-7,14,16-19H2,1-3H3. The number of halogens is 2. The molecule has 2 saturated carbocycles. The van der Waals surface area contributed by atoms with Crippen molar-refractivity contribution in [1.29, 1.82) is 0 Å². The Bertz CT molecular complexity index is 1500. The molecule has 2 saturated heterocycles. The number of hydrogen-bond acceptors (Lipinski definition) is 6. The topological polar surface area (TPSA) is 90.5 Å². The maximum atomic E-state index is 14.7. The fourth-order valence-electron chi connectivity index (χ4n) is 6.54. The van der Waals surface area contributed by atoms with E-state index in [1.54, 1.807) is 34.1 Å². The number of sulfonamides is 1. The first kappa shape index (κ1) is 31.6. The minimum absolute atomic E-state index is 0.00870. The van der Waals surface area contributed by atoms with Gasteiger partial charge in [-0.05, 0) is 87.3 Å². The van der Waals surface area contributed by atoms with Gasteiger partial charge in [0.05, 0.1) is 13.7 Å². The van der Waals surface area contributed by atoms with Crippen LogP contribution in [0.4, 0.5) is 0 Å². The first-order valence-electron chi connectivity index (χ1n) is 15.4. The quantitative estimate of drug-likeness (QED) is 0.352. The lowest BCUT2D eigenvalue weighted by Crippen LogP contribution is -2.76. The number of carbonyl (C=O) groups is 2. The van der Waals surface area contributed by atoms with E-state index >= 15 is 0 Å². The highest BCUT2D eigenvalue weighted by Gasteiger charge is 2.55. The van der Waals surface area contributed by atoms with Crippen LogP contribution in [0.15, 0.2) is 47.4 Å². The Hall–Kier alpha value is -2.37. The van der Waals surface area contributed by atoms with Crippen LogP contribution in [0, 0.1) is 11.8 Å². The Kier molecular flexibility index (Phi) is 8.93. The van der Waals surface area contributed by atoms with Gasteiger partial charge in [0, 0.05) is 42.1 Å². The van der Waals surface area contributed by atoms with Gasteiger partial charge in [0.2, 0.25) is 21.8 Å². The molecule has 2 aliphatic carbocycles. The number of rotatable bonds is 11. The summed E-state index contributed by atoms with van der Waals surface area (Å²) in [6, 6.07) is 9.97. The second-order valence-corrected chi connectivity index (χ2v) is 15.6. The second-order valence-electron chi connectivity index (χ2n) is 12.9. The SMILES string of the molecule is COc1ccc(Cl)cc1S(=O)(=O)N1CC(N(CC2CC2)CC2CC2)C(=O)N2C(Cc3ccc(Cl)cc3)C(=O)N(C(C)C)CC21. The van der Waals surface area contributed by atoms with E-state index in [2.05, 4.69) is 4.90 Å². The summed E-state index contributed by atoms with van der Waals surface area (Å²) in [6.07, 6.45) is 3.78. The van der Waals surface area contributed by atoms with Crippen molar-refractivity contribution in [2.75, 3.05) is 33.3 Å². The van der Waals surface area contributed by atoms with E-state index in [-0.39, 0.29) is 53.0 Å². The Morgan fingerprint density at radius 1 is 0.909 bits per heavy atom. The Balaban J connectivity index is 1.47. The molecule has 0 radical (unpaired) electrons. The van der Waals surface area contributed by atoms with Crippen LogP contribution in [0.3, 0.4) is 0 Å². The molecule has 6 rings (SSSR count). The lowest BCUT2D eigenvalue weighted by molar-refractivity contribution is -0.172. The zero-order chi connectivity index (χ0) is 31.3. The normalized spacial score (nSPS) is 24.8. The monoisotopic (exact) mass is 662 g/mol. The summed E-state index contributed by atoms with van der Waals surface area (Å²) in [7, 11) is -2.81. The molecule has 0 bridgehead atoms. The van der Waals surface area contributed by atoms with Gasteiger partial charge in [-0.2, -0.15) is 4.31 Å². The molecule has 44 heavy (non-hydrogen) atoms. The third-order valence-electron chi connectivity index (χ3n) is 9.31. The van der Waals surface area contributed by atoms with Crippen molar-refractivity contribution in [3.05, 3.63) is 58.1 Å². The van der Waals surface area contributed by atoms with Crippen LogP contribution in [0.5, 0.6) is 5.75 Å². The van der Waals surface area contributed by atoms with Crippen LogP contribution in [0.1, 0.15) is 45.1 Å². The van der Waals surface area contributed by atoms with Gasteiger partial charge in [-0.25, -0.2) is 8.42 Å². The number of amides is 2. The Morgan fingerprint density at radius 2 is 1.52 bits per heavy atom. The van der Waals surface area contributed by atoms with Crippen molar-refractivity contribution in [2.24, 2.45) is 11.8 Å². The molecule has 238 valence electrons. The fraction of sp³-hybridized carbons (Fsp3) is 0.562. The highest BCUT2D eigenvalue weighted by Crippen LogP contribution is 2.40. The average Bonchev–Trinajstić information content (AvgIpc) is 3.92. The summed E-state index contributed by atoms with van der Waals surface area (Å²) in [5, 5.41) is 0.834. The van der Waals surface area contributed by atoms with Gasteiger partial charge >= 0.3 is 0 Å². The van der Waals surface area contributed by atoms with Crippen molar-refractivity contribution in [3.8, 4) is 5.75 Å². The average molecular weight is 664 g/mol. The number of nitrogens with zero attached hydrogens (tertiary/aromatic N) is 4. The molecule has 0 aromatic heterocycles. The predicted octanol–water partition coefficient (Wildman–Crippen LogP) is 4.51. The van der Waals surface area contributed by atoms with Crippen LogP contribution in [0.25, 0.3) is 0 Å². The predicted molar refractivity (Wildman–Crippen MR) is 169 cm³/mol. The summed E-state index contributed by atoms with van der Waals surface area (Å²) < 4.78 is 36.3. The van der Waals surface area contributed by atoms with Crippen LogP contribution in [0.2, 0.25) is 10.0 Å². The Morgan fingerprint density at radius 3 is 2.09 bits per heavy atom. The van der Waals surface area contributed by atoms with Gasteiger partial charge in [-0.1, -0.05) is 35.3 Å². The van der Waals surface area contributed by atoms with E-state index in [1.165, 1.54) is 17.5 Å². The van der Waals surface area contributed by atoms with Gasteiger partial charge in [-0.3, -0.25) is 14.5 Å². The summed E-state index contributed by atoms with van der Waals surface area (Å²) in [5.41, 5.74) is 0.839. The number of fused-ring (bicyclic) bond motifs is 1. The minimum Gasteiger partial charge on any atom is -0.495 e. The second kappa shape index (κ2) is 12.4. The highest BCUT2D eigenvalue weighted by atomic mass is 35.5. The molecule has 0 N–H and O–H groups in total. The molecule has 3 atom stereocenters. The van der Waals surface area contributed by atoms with Crippen LogP contribution >= 0.6 is 23.2 Å². The smallest absolute Gasteiger partial charge is 0.248 e. The zero-order valence-electron chi connectivity index (χ0n) is 25.4. The fourth-order valence-corrected chi connectivity index (χ4v) is 8.66. The molecule has 4 fully saturated rings. The van der Waals surface area contributed by atoms with Gasteiger partial charge in [0.15, 0.2) is 0 Å². The molecule has 3 unspecified atom stereocenters. The van der Waals surface area contributed by atoms with Crippen molar-refractivity contribution >= 4 is 45.0 Å². The molecule has 2 aromatic rings. The molecule has 9 nitrogen and oxygen atoms in total. The molecular formula is C32H40Cl2N4O5S. The van der Waals surface area contributed by atoms with E-state index in [0.717, 1.165) is 44.3 Å². The zero-order valence-corrected chi connectivity index (χ0v) is 27.7. The number of ether oxygens (including phenoxy) is 1. The number of methoxy groups -OCH3 is 1. The lowest BCUT2D eigenvalue weighted by atomic mass is 9.96. The summed E-state index contributed by atoms with van der Waals surface area (Å²) in [4.78, 5) is 34.3. The van der Waals surface area contributed by atoms with Crippen LogP contribution in [-0.4, -0.2) is 96.8 Å². The van der Waals surface area contributed by atoms with Crippen molar-refractivity contribution in [3.63, 3.8) is 0 Å². The maximum Gasteiger partial charge on any atom is 0.248 e. The van der Waals surface area contributed by atoms with Gasteiger partial charge < -0.3 is 14.5 Å².